The van der Waals surface area contributed by atoms with E-state index in [1.165, 1.54) is 10.4 Å². The predicted octanol–water partition coefficient (Wildman–Crippen LogP) is 4.25. The van der Waals surface area contributed by atoms with Gasteiger partial charge in [-0.3, -0.25) is 0 Å². The molecule has 0 bridgehead atoms. The number of aryl methyl sites for hydroxylation is 1. The summed E-state index contributed by atoms with van der Waals surface area (Å²) in [5.74, 6) is 0.650. The number of alkyl halides is 1. The summed E-state index contributed by atoms with van der Waals surface area (Å²) in [6.07, 6.45) is 4.26. The first kappa shape index (κ1) is 12.8. The first-order valence-corrected chi connectivity index (χ1v) is 7.73. The normalized spacial score (nSPS) is 12.6. The number of aromatic nitrogens is 1. The van der Waals surface area contributed by atoms with Crippen molar-refractivity contribution < 1.29 is 0 Å². The van der Waals surface area contributed by atoms with Gasteiger partial charge in [-0.1, -0.05) is 46.3 Å². The van der Waals surface area contributed by atoms with E-state index in [0.29, 0.717) is 5.92 Å². The second-order valence-corrected chi connectivity index (χ2v) is 6.23. The third-order valence-electron chi connectivity index (χ3n) is 2.74. The van der Waals surface area contributed by atoms with Gasteiger partial charge in [0.15, 0.2) is 0 Å². The minimum atomic E-state index is 0.650. The highest BCUT2D eigenvalue weighted by Crippen LogP contribution is 2.20. The molecule has 0 saturated heterocycles. The maximum absolute atomic E-state index is 4.31. The zero-order valence-electron chi connectivity index (χ0n) is 9.90. The quantitative estimate of drug-likeness (QED) is 0.753. The molecule has 3 heteroatoms. The molecule has 1 unspecified atom stereocenters. The molecular formula is C14H16BrNS. The fourth-order valence-electron chi connectivity index (χ4n) is 1.91. The molecular weight excluding hydrogens is 294 g/mol. The van der Waals surface area contributed by atoms with E-state index in [0.717, 1.165) is 23.2 Å². The number of rotatable bonds is 5. The third kappa shape index (κ3) is 3.93. The van der Waals surface area contributed by atoms with Crippen molar-refractivity contribution in [3.63, 3.8) is 0 Å². The Kier molecular flexibility index (Phi) is 4.75. The van der Waals surface area contributed by atoms with Crippen LogP contribution in [-0.2, 0) is 12.8 Å². The predicted molar refractivity (Wildman–Crippen MR) is 78.0 cm³/mol. The molecule has 0 radical (unpaired) electrons. The minimum absolute atomic E-state index is 0.650. The van der Waals surface area contributed by atoms with Crippen LogP contribution in [0.3, 0.4) is 0 Å². The van der Waals surface area contributed by atoms with Gasteiger partial charge >= 0.3 is 0 Å². The summed E-state index contributed by atoms with van der Waals surface area (Å²) < 4.78 is 0. The first-order chi connectivity index (χ1) is 8.28. The summed E-state index contributed by atoms with van der Waals surface area (Å²) >= 11 is 5.43. The van der Waals surface area contributed by atoms with Crippen LogP contribution in [-0.4, -0.2) is 10.3 Å². The molecule has 2 aromatic rings. The van der Waals surface area contributed by atoms with E-state index >= 15 is 0 Å². The molecule has 0 aliphatic heterocycles. The van der Waals surface area contributed by atoms with Crippen LogP contribution in [0.4, 0.5) is 0 Å². The Hall–Kier alpha value is -0.670. The van der Waals surface area contributed by atoms with E-state index in [2.05, 4.69) is 58.2 Å². The first-order valence-electron chi connectivity index (χ1n) is 5.79. The number of halogens is 1. The van der Waals surface area contributed by atoms with Crippen molar-refractivity contribution in [2.45, 2.75) is 19.8 Å². The summed E-state index contributed by atoms with van der Waals surface area (Å²) in [7, 11) is 0. The van der Waals surface area contributed by atoms with Crippen molar-refractivity contribution in [1.82, 2.24) is 4.98 Å². The molecule has 1 nitrogen and oxygen atoms in total. The largest absolute Gasteiger partial charge is 0.250 e. The molecule has 0 aliphatic carbocycles. The highest BCUT2D eigenvalue weighted by molar-refractivity contribution is 9.09. The number of thiazole rings is 1. The molecule has 0 saturated carbocycles. The summed E-state index contributed by atoms with van der Waals surface area (Å²) in [5.41, 5.74) is 1.41. The van der Waals surface area contributed by atoms with Crippen LogP contribution < -0.4 is 0 Å². The van der Waals surface area contributed by atoms with Gasteiger partial charge < -0.3 is 0 Å². The Morgan fingerprint density at radius 1 is 1.24 bits per heavy atom. The van der Waals surface area contributed by atoms with Crippen molar-refractivity contribution in [1.29, 1.82) is 0 Å². The molecule has 0 fully saturated rings. The highest BCUT2D eigenvalue weighted by Gasteiger charge is 2.11. The van der Waals surface area contributed by atoms with E-state index in [4.69, 9.17) is 0 Å². The van der Waals surface area contributed by atoms with Crippen LogP contribution in [0.1, 0.15) is 15.4 Å². The SMILES string of the molecule is Cc1ncc(CC(CBr)Cc2ccccc2)s1. The Morgan fingerprint density at radius 2 is 2.00 bits per heavy atom. The van der Waals surface area contributed by atoms with Gasteiger partial charge in [0.2, 0.25) is 0 Å². The van der Waals surface area contributed by atoms with Gasteiger partial charge in [0, 0.05) is 16.4 Å². The zero-order valence-corrected chi connectivity index (χ0v) is 12.3. The maximum Gasteiger partial charge on any atom is 0.0896 e. The zero-order chi connectivity index (χ0) is 12.1. The smallest absolute Gasteiger partial charge is 0.0896 e. The van der Waals surface area contributed by atoms with Crippen molar-refractivity contribution >= 4 is 27.3 Å². The molecule has 17 heavy (non-hydrogen) atoms. The fraction of sp³-hybridized carbons (Fsp3) is 0.357. The standard InChI is InChI=1S/C14H16BrNS/c1-11-16-10-14(17-11)8-13(9-15)7-12-5-3-2-4-6-12/h2-6,10,13H,7-9H2,1H3. The average molecular weight is 310 g/mol. The molecule has 90 valence electrons. The van der Waals surface area contributed by atoms with Gasteiger partial charge in [0.05, 0.1) is 5.01 Å². The lowest BCUT2D eigenvalue weighted by Crippen LogP contribution is -2.09. The van der Waals surface area contributed by atoms with Crippen LogP contribution >= 0.6 is 27.3 Å². The van der Waals surface area contributed by atoms with Crippen molar-refractivity contribution in [2.24, 2.45) is 5.92 Å². The Morgan fingerprint density at radius 3 is 2.59 bits per heavy atom. The maximum atomic E-state index is 4.31. The van der Waals surface area contributed by atoms with Gasteiger partial charge in [-0.05, 0) is 31.2 Å². The van der Waals surface area contributed by atoms with E-state index < -0.39 is 0 Å². The van der Waals surface area contributed by atoms with Crippen molar-refractivity contribution in [3.8, 4) is 0 Å². The van der Waals surface area contributed by atoms with Crippen molar-refractivity contribution in [2.75, 3.05) is 5.33 Å². The highest BCUT2D eigenvalue weighted by atomic mass is 79.9. The van der Waals surface area contributed by atoms with Crippen LogP contribution in [0, 0.1) is 12.8 Å². The summed E-state index contributed by atoms with van der Waals surface area (Å²) in [5, 5.41) is 2.20. The molecule has 0 aliphatic rings. The lowest BCUT2D eigenvalue weighted by Gasteiger charge is -2.12. The lowest BCUT2D eigenvalue weighted by atomic mass is 9.98. The fourth-order valence-corrected chi connectivity index (χ4v) is 3.28. The number of benzene rings is 1. The Balaban J connectivity index is 1.98. The van der Waals surface area contributed by atoms with Crippen LogP contribution in [0.5, 0.6) is 0 Å². The summed E-state index contributed by atoms with van der Waals surface area (Å²) in [6.45, 7) is 2.06. The van der Waals surface area contributed by atoms with E-state index in [-0.39, 0.29) is 0 Å². The summed E-state index contributed by atoms with van der Waals surface area (Å²) in [4.78, 5) is 5.71. The van der Waals surface area contributed by atoms with E-state index in [1.54, 1.807) is 0 Å². The van der Waals surface area contributed by atoms with Gasteiger partial charge in [-0.2, -0.15) is 0 Å². The van der Waals surface area contributed by atoms with Crippen LogP contribution in [0.25, 0.3) is 0 Å². The molecule has 0 amide bonds. The number of hydrogen-bond acceptors (Lipinski definition) is 2. The Bertz CT molecular complexity index is 452. The number of nitrogens with zero attached hydrogens (tertiary/aromatic N) is 1. The van der Waals surface area contributed by atoms with Gasteiger partial charge in [-0.15, -0.1) is 11.3 Å². The van der Waals surface area contributed by atoms with E-state index in [1.807, 2.05) is 17.5 Å². The molecule has 1 atom stereocenters. The minimum Gasteiger partial charge on any atom is -0.250 e. The lowest BCUT2D eigenvalue weighted by molar-refractivity contribution is 0.596. The second kappa shape index (κ2) is 6.31. The van der Waals surface area contributed by atoms with Crippen LogP contribution in [0.2, 0.25) is 0 Å². The van der Waals surface area contributed by atoms with Gasteiger partial charge in [0.1, 0.15) is 0 Å². The van der Waals surface area contributed by atoms with Gasteiger partial charge in [-0.25, -0.2) is 4.98 Å². The average Bonchev–Trinajstić information content (AvgIpc) is 2.75. The number of hydrogen-bond donors (Lipinski definition) is 0. The van der Waals surface area contributed by atoms with Crippen molar-refractivity contribution in [3.05, 3.63) is 52.0 Å². The Labute approximate surface area is 115 Å². The topological polar surface area (TPSA) is 12.9 Å². The van der Waals surface area contributed by atoms with E-state index in [9.17, 15) is 0 Å². The molecule has 1 aromatic carbocycles. The van der Waals surface area contributed by atoms with Gasteiger partial charge in [0.25, 0.3) is 0 Å². The molecule has 0 N–H and O–H groups in total. The van der Waals surface area contributed by atoms with Crippen LogP contribution in [0.15, 0.2) is 36.5 Å². The summed E-state index contributed by atoms with van der Waals surface area (Å²) in [6, 6.07) is 10.7. The second-order valence-electron chi connectivity index (χ2n) is 4.26. The molecule has 1 aromatic heterocycles. The molecule has 0 spiro atoms. The third-order valence-corrected chi connectivity index (χ3v) is 4.60. The molecule has 1 heterocycles. The monoisotopic (exact) mass is 309 g/mol. The molecule has 2 rings (SSSR count).